The lowest BCUT2D eigenvalue weighted by atomic mass is 10.0. The highest BCUT2D eigenvalue weighted by Gasteiger charge is 2.11. The molecule has 106 valence electrons. The van der Waals surface area contributed by atoms with E-state index >= 15 is 0 Å². The van der Waals surface area contributed by atoms with Crippen LogP contribution in [0.15, 0.2) is 29.6 Å². The summed E-state index contributed by atoms with van der Waals surface area (Å²) < 4.78 is 0. The lowest BCUT2D eigenvalue weighted by Crippen LogP contribution is -2.19. The van der Waals surface area contributed by atoms with E-state index in [0.717, 1.165) is 21.8 Å². The monoisotopic (exact) mass is 290 g/mol. The fraction of sp³-hybridized carbons (Fsp3) is 0.333. The largest absolute Gasteiger partial charge is 0.481 e. The number of benzene rings is 1. The van der Waals surface area contributed by atoms with Crippen LogP contribution >= 0.6 is 11.3 Å². The number of hydrogen-bond donors (Lipinski definition) is 2. The minimum atomic E-state index is -0.805. The number of hydrogen-bond acceptors (Lipinski definition) is 4. The molecule has 1 atom stereocenters. The maximum Gasteiger partial charge on any atom is 0.307 e. The van der Waals surface area contributed by atoms with Gasteiger partial charge in [0, 0.05) is 17.6 Å². The van der Waals surface area contributed by atoms with Crippen LogP contribution in [0.3, 0.4) is 0 Å². The number of carboxylic acids is 1. The van der Waals surface area contributed by atoms with Crippen LogP contribution in [0.4, 0.5) is 0 Å². The minimum Gasteiger partial charge on any atom is -0.481 e. The van der Waals surface area contributed by atoms with E-state index in [1.54, 1.807) is 11.3 Å². The zero-order valence-corrected chi connectivity index (χ0v) is 12.4. The molecule has 20 heavy (non-hydrogen) atoms. The van der Waals surface area contributed by atoms with Crippen molar-refractivity contribution in [1.82, 2.24) is 10.3 Å². The van der Waals surface area contributed by atoms with Crippen LogP contribution in [0, 0.1) is 6.92 Å². The van der Waals surface area contributed by atoms with Crippen LogP contribution < -0.4 is 5.32 Å². The molecule has 0 radical (unpaired) electrons. The molecule has 0 bridgehead atoms. The SMILES string of the molecule is Cc1csc(C(C)NCc2ccccc2CC(=O)O)n1. The summed E-state index contributed by atoms with van der Waals surface area (Å²) in [5.74, 6) is -0.805. The van der Waals surface area contributed by atoms with Crippen molar-refractivity contribution < 1.29 is 9.90 Å². The summed E-state index contributed by atoms with van der Waals surface area (Å²) >= 11 is 1.64. The van der Waals surface area contributed by atoms with E-state index in [9.17, 15) is 4.79 Å². The molecule has 1 aromatic heterocycles. The van der Waals surface area contributed by atoms with Gasteiger partial charge in [-0.05, 0) is 25.0 Å². The second-order valence-corrected chi connectivity index (χ2v) is 5.66. The standard InChI is InChI=1S/C15H18N2O2S/c1-10-9-20-15(17-10)11(2)16-8-13-6-4-3-5-12(13)7-14(18)19/h3-6,9,11,16H,7-8H2,1-2H3,(H,18,19). The Hall–Kier alpha value is -1.72. The third kappa shape index (κ3) is 3.88. The summed E-state index contributed by atoms with van der Waals surface area (Å²) in [6.07, 6.45) is 0.0581. The Kier molecular flexibility index (Phi) is 4.87. The first-order valence-electron chi connectivity index (χ1n) is 6.50. The van der Waals surface area contributed by atoms with E-state index in [0.29, 0.717) is 6.54 Å². The van der Waals surface area contributed by atoms with Gasteiger partial charge >= 0.3 is 5.97 Å². The summed E-state index contributed by atoms with van der Waals surface area (Å²) in [6, 6.07) is 7.79. The van der Waals surface area contributed by atoms with Crippen molar-refractivity contribution in [3.8, 4) is 0 Å². The highest BCUT2D eigenvalue weighted by molar-refractivity contribution is 7.09. The van der Waals surface area contributed by atoms with Crippen molar-refractivity contribution in [2.24, 2.45) is 0 Å². The minimum absolute atomic E-state index is 0.0581. The van der Waals surface area contributed by atoms with E-state index in [4.69, 9.17) is 5.11 Å². The number of carboxylic acid groups (broad SMARTS) is 1. The maximum atomic E-state index is 10.9. The van der Waals surface area contributed by atoms with Crippen molar-refractivity contribution >= 4 is 17.3 Å². The Morgan fingerprint density at radius 1 is 1.40 bits per heavy atom. The predicted molar refractivity (Wildman–Crippen MR) is 79.9 cm³/mol. The van der Waals surface area contributed by atoms with Gasteiger partial charge in [0.15, 0.2) is 0 Å². The molecule has 0 aliphatic heterocycles. The fourth-order valence-electron chi connectivity index (χ4n) is 1.99. The van der Waals surface area contributed by atoms with Crippen molar-refractivity contribution in [1.29, 1.82) is 0 Å². The number of thiazole rings is 1. The molecule has 1 heterocycles. The molecule has 0 spiro atoms. The Labute approximate surface area is 122 Å². The van der Waals surface area contributed by atoms with Crippen LogP contribution in [0.1, 0.15) is 34.8 Å². The van der Waals surface area contributed by atoms with Crippen LogP contribution in [-0.4, -0.2) is 16.1 Å². The Morgan fingerprint density at radius 2 is 2.10 bits per heavy atom. The normalized spacial score (nSPS) is 12.3. The van der Waals surface area contributed by atoms with Crippen molar-refractivity contribution in [3.05, 3.63) is 51.5 Å². The van der Waals surface area contributed by atoms with Gasteiger partial charge in [0.05, 0.1) is 12.5 Å². The Balaban J connectivity index is 2.01. The molecule has 1 unspecified atom stereocenters. The first-order chi connectivity index (χ1) is 9.56. The van der Waals surface area contributed by atoms with E-state index < -0.39 is 5.97 Å². The summed E-state index contributed by atoms with van der Waals surface area (Å²) in [7, 11) is 0. The molecule has 0 aliphatic carbocycles. The van der Waals surface area contributed by atoms with E-state index in [1.807, 2.05) is 36.6 Å². The van der Waals surface area contributed by atoms with Gasteiger partial charge in [-0.2, -0.15) is 0 Å². The summed E-state index contributed by atoms with van der Waals surface area (Å²) in [5.41, 5.74) is 2.91. The van der Waals surface area contributed by atoms with Crippen molar-refractivity contribution in [3.63, 3.8) is 0 Å². The average molecular weight is 290 g/mol. The first-order valence-corrected chi connectivity index (χ1v) is 7.38. The second-order valence-electron chi connectivity index (χ2n) is 4.77. The van der Waals surface area contributed by atoms with Crippen LogP contribution in [0.2, 0.25) is 0 Å². The van der Waals surface area contributed by atoms with Crippen LogP contribution in [0.5, 0.6) is 0 Å². The average Bonchev–Trinajstić information content (AvgIpc) is 2.83. The van der Waals surface area contributed by atoms with Gasteiger partial charge in [0.2, 0.25) is 0 Å². The number of aryl methyl sites for hydroxylation is 1. The molecule has 0 saturated heterocycles. The summed E-state index contributed by atoms with van der Waals surface area (Å²) in [6.45, 7) is 4.69. The van der Waals surface area contributed by atoms with Gasteiger partial charge in [-0.3, -0.25) is 4.79 Å². The first kappa shape index (κ1) is 14.7. The van der Waals surface area contributed by atoms with Crippen molar-refractivity contribution in [2.45, 2.75) is 32.9 Å². The van der Waals surface area contributed by atoms with Gasteiger partial charge < -0.3 is 10.4 Å². The molecule has 0 amide bonds. The maximum absolute atomic E-state index is 10.9. The molecule has 2 N–H and O–H groups in total. The van der Waals surface area contributed by atoms with E-state index in [-0.39, 0.29) is 12.5 Å². The lowest BCUT2D eigenvalue weighted by Gasteiger charge is -2.13. The van der Waals surface area contributed by atoms with Gasteiger partial charge in [-0.15, -0.1) is 11.3 Å². The van der Waals surface area contributed by atoms with Gasteiger partial charge in [0.25, 0.3) is 0 Å². The Bertz CT molecular complexity index is 595. The number of rotatable bonds is 6. The van der Waals surface area contributed by atoms with Gasteiger partial charge in [0.1, 0.15) is 5.01 Å². The van der Waals surface area contributed by atoms with E-state index in [2.05, 4.69) is 17.2 Å². The molecule has 1 aromatic carbocycles. The molecule has 4 nitrogen and oxygen atoms in total. The summed E-state index contributed by atoms with van der Waals surface area (Å²) in [4.78, 5) is 15.3. The Morgan fingerprint density at radius 3 is 2.70 bits per heavy atom. The molecule has 2 rings (SSSR count). The number of nitrogens with zero attached hydrogens (tertiary/aromatic N) is 1. The zero-order valence-electron chi connectivity index (χ0n) is 11.6. The molecule has 2 aromatic rings. The zero-order chi connectivity index (χ0) is 14.5. The fourth-order valence-corrected chi connectivity index (χ4v) is 2.81. The highest BCUT2D eigenvalue weighted by Crippen LogP contribution is 2.18. The number of carbonyl (C=O) groups is 1. The molecule has 0 saturated carbocycles. The predicted octanol–water partition coefficient (Wildman–Crippen LogP) is 2.93. The lowest BCUT2D eigenvalue weighted by molar-refractivity contribution is -0.136. The third-order valence-electron chi connectivity index (χ3n) is 3.07. The molecule has 0 aliphatic rings. The highest BCUT2D eigenvalue weighted by atomic mass is 32.1. The molecular formula is C15H18N2O2S. The summed E-state index contributed by atoms with van der Waals surface area (Å²) in [5, 5.41) is 15.4. The smallest absolute Gasteiger partial charge is 0.307 e. The number of nitrogens with one attached hydrogen (secondary N) is 1. The van der Waals surface area contributed by atoms with Crippen LogP contribution in [-0.2, 0) is 17.8 Å². The number of aromatic nitrogens is 1. The quantitative estimate of drug-likeness (QED) is 0.858. The number of aliphatic carboxylic acids is 1. The topological polar surface area (TPSA) is 62.2 Å². The van der Waals surface area contributed by atoms with Crippen molar-refractivity contribution in [2.75, 3.05) is 0 Å². The third-order valence-corrected chi connectivity index (χ3v) is 4.21. The second kappa shape index (κ2) is 6.63. The molecular weight excluding hydrogens is 272 g/mol. The van der Waals surface area contributed by atoms with E-state index in [1.165, 1.54) is 0 Å². The van der Waals surface area contributed by atoms with Gasteiger partial charge in [-0.1, -0.05) is 24.3 Å². The molecule has 0 fully saturated rings. The molecule has 5 heteroatoms. The van der Waals surface area contributed by atoms with Crippen LogP contribution in [0.25, 0.3) is 0 Å². The van der Waals surface area contributed by atoms with Gasteiger partial charge in [-0.25, -0.2) is 4.98 Å².